The van der Waals surface area contributed by atoms with Gasteiger partial charge >= 0.3 is 0 Å². The second-order valence-electron chi connectivity index (χ2n) is 4.58. The van der Waals surface area contributed by atoms with Crippen LogP contribution in [0.3, 0.4) is 0 Å². The van der Waals surface area contributed by atoms with Crippen molar-refractivity contribution >= 4 is 11.0 Å². The zero-order valence-corrected chi connectivity index (χ0v) is 10.1. The Bertz CT molecular complexity index is 500. The molecule has 1 N–H and O–H groups in total. The number of aryl methyl sites for hydroxylation is 1. The summed E-state index contributed by atoms with van der Waals surface area (Å²) in [5.41, 5.74) is 1.41. The smallest absolute Gasteiger partial charge is 0.106 e. The first-order valence-corrected chi connectivity index (χ1v) is 5.68. The van der Waals surface area contributed by atoms with Crippen molar-refractivity contribution < 1.29 is 5.11 Å². The molecule has 0 radical (unpaired) electrons. The number of fused-ring (bicyclic) bond motifs is 1. The van der Waals surface area contributed by atoms with E-state index in [-0.39, 0.29) is 0 Å². The number of benzene rings is 1. The minimum absolute atomic E-state index is 0.593. The molecule has 1 aromatic carbocycles. The van der Waals surface area contributed by atoms with Gasteiger partial charge in [-0.25, -0.2) is 4.98 Å². The number of nitrogens with zero attached hydrogens (tertiary/aromatic N) is 2. The molecule has 2 rings (SSSR count). The van der Waals surface area contributed by atoms with Gasteiger partial charge in [-0.2, -0.15) is 0 Å². The molecule has 0 aliphatic carbocycles. The standard InChI is InChI=1S/C13H18N2O/c1-4-13(3,16)9-15-10(2)14-11-7-5-6-8-12(11)15/h5-8,16H,4,9H2,1-3H3. The molecule has 0 saturated carbocycles. The molecule has 0 spiro atoms. The minimum Gasteiger partial charge on any atom is -0.388 e. The van der Waals surface area contributed by atoms with Crippen molar-refractivity contribution in [2.45, 2.75) is 39.3 Å². The van der Waals surface area contributed by atoms with Crippen molar-refractivity contribution in [1.82, 2.24) is 9.55 Å². The van der Waals surface area contributed by atoms with E-state index in [0.29, 0.717) is 6.54 Å². The van der Waals surface area contributed by atoms with Crippen LogP contribution in [0.4, 0.5) is 0 Å². The van der Waals surface area contributed by atoms with Crippen LogP contribution in [0.5, 0.6) is 0 Å². The Hall–Kier alpha value is -1.35. The third kappa shape index (κ3) is 1.95. The Morgan fingerprint density at radius 3 is 2.75 bits per heavy atom. The zero-order chi connectivity index (χ0) is 11.8. The molecule has 1 heterocycles. The average molecular weight is 218 g/mol. The first-order chi connectivity index (χ1) is 7.53. The predicted octanol–water partition coefficient (Wildman–Crippen LogP) is 2.51. The van der Waals surface area contributed by atoms with E-state index in [2.05, 4.69) is 9.55 Å². The van der Waals surface area contributed by atoms with E-state index in [4.69, 9.17) is 0 Å². The lowest BCUT2D eigenvalue weighted by Gasteiger charge is -2.23. The lowest BCUT2D eigenvalue weighted by molar-refractivity contribution is 0.0385. The monoisotopic (exact) mass is 218 g/mol. The van der Waals surface area contributed by atoms with E-state index < -0.39 is 5.60 Å². The van der Waals surface area contributed by atoms with Gasteiger partial charge in [-0.05, 0) is 32.4 Å². The topological polar surface area (TPSA) is 38.0 Å². The van der Waals surface area contributed by atoms with Gasteiger partial charge in [0.05, 0.1) is 23.2 Å². The maximum Gasteiger partial charge on any atom is 0.106 e. The first kappa shape index (κ1) is 11.1. The van der Waals surface area contributed by atoms with Crippen LogP contribution in [0.25, 0.3) is 11.0 Å². The van der Waals surface area contributed by atoms with Gasteiger partial charge in [-0.15, -0.1) is 0 Å². The predicted molar refractivity (Wildman–Crippen MR) is 65.4 cm³/mol. The first-order valence-electron chi connectivity index (χ1n) is 5.68. The number of aliphatic hydroxyl groups is 1. The Balaban J connectivity index is 2.47. The van der Waals surface area contributed by atoms with E-state index >= 15 is 0 Å². The quantitative estimate of drug-likeness (QED) is 0.859. The Morgan fingerprint density at radius 2 is 2.06 bits per heavy atom. The highest BCUT2D eigenvalue weighted by Gasteiger charge is 2.20. The molecule has 3 nitrogen and oxygen atoms in total. The third-order valence-electron chi connectivity index (χ3n) is 3.11. The highest BCUT2D eigenvalue weighted by Crippen LogP contribution is 2.20. The van der Waals surface area contributed by atoms with Crippen molar-refractivity contribution in [3.63, 3.8) is 0 Å². The second-order valence-corrected chi connectivity index (χ2v) is 4.58. The van der Waals surface area contributed by atoms with Gasteiger partial charge in [0.1, 0.15) is 5.82 Å². The Labute approximate surface area is 95.7 Å². The molecule has 0 amide bonds. The van der Waals surface area contributed by atoms with E-state index in [9.17, 15) is 5.11 Å². The summed E-state index contributed by atoms with van der Waals surface area (Å²) in [6.07, 6.45) is 0.735. The van der Waals surface area contributed by atoms with E-state index in [0.717, 1.165) is 23.3 Å². The van der Waals surface area contributed by atoms with Crippen molar-refractivity contribution in [3.05, 3.63) is 30.1 Å². The SMILES string of the molecule is CCC(C)(O)Cn1c(C)nc2ccccc21. The summed E-state index contributed by atoms with van der Waals surface area (Å²) in [7, 11) is 0. The van der Waals surface area contributed by atoms with Gasteiger partial charge in [0, 0.05) is 0 Å². The fraction of sp³-hybridized carbons (Fsp3) is 0.462. The van der Waals surface area contributed by atoms with E-state index in [1.165, 1.54) is 0 Å². The number of aromatic nitrogens is 2. The number of para-hydroxylation sites is 2. The largest absolute Gasteiger partial charge is 0.388 e. The summed E-state index contributed by atoms with van der Waals surface area (Å²) in [4.78, 5) is 4.48. The summed E-state index contributed by atoms with van der Waals surface area (Å²) in [5.74, 6) is 0.954. The molecule has 0 fully saturated rings. The van der Waals surface area contributed by atoms with Crippen LogP contribution in [0.2, 0.25) is 0 Å². The lowest BCUT2D eigenvalue weighted by atomic mass is 10.0. The lowest BCUT2D eigenvalue weighted by Crippen LogP contribution is -2.29. The second kappa shape index (κ2) is 3.91. The van der Waals surface area contributed by atoms with Gasteiger partial charge in [0.2, 0.25) is 0 Å². The molecule has 1 aromatic heterocycles. The van der Waals surface area contributed by atoms with Crippen molar-refractivity contribution in [1.29, 1.82) is 0 Å². The van der Waals surface area contributed by atoms with Crippen LogP contribution in [-0.4, -0.2) is 20.3 Å². The van der Waals surface area contributed by atoms with Gasteiger partial charge in [-0.1, -0.05) is 19.1 Å². The Kier molecular flexibility index (Phi) is 2.72. The Morgan fingerprint density at radius 1 is 1.38 bits per heavy atom. The molecule has 3 heteroatoms. The number of imidazole rings is 1. The van der Waals surface area contributed by atoms with E-state index in [1.54, 1.807) is 0 Å². The van der Waals surface area contributed by atoms with Crippen molar-refractivity contribution in [3.8, 4) is 0 Å². The van der Waals surface area contributed by atoms with Crippen LogP contribution in [0.15, 0.2) is 24.3 Å². The summed E-state index contributed by atoms with van der Waals surface area (Å²) in [6, 6.07) is 8.03. The summed E-state index contributed by atoms with van der Waals surface area (Å²) in [6.45, 7) is 6.43. The molecular weight excluding hydrogens is 200 g/mol. The van der Waals surface area contributed by atoms with Gasteiger partial charge in [0.15, 0.2) is 0 Å². The molecule has 16 heavy (non-hydrogen) atoms. The minimum atomic E-state index is -0.672. The third-order valence-corrected chi connectivity index (χ3v) is 3.11. The van der Waals surface area contributed by atoms with Crippen LogP contribution in [0, 0.1) is 6.92 Å². The number of hydrogen-bond donors (Lipinski definition) is 1. The molecule has 0 bridgehead atoms. The molecule has 0 aliphatic rings. The highest BCUT2D eigenvalue weighted by molar-refractivity contribution is 5.75. The van der Waals surface area contributed by atoms with Crippen LogP contribution in [-0.2, 0) is 6.54 Å². The molecule has 1 atom stereocenters. The molecule has 0 aliphatic heterocycles. The van der Waals surface area contributed by atoms with Crippen molar-refractivity contribution in [2.75, 3.05) is 0 Å². The fourth-order valence-electron chi connectivity index (χ4n) is 1.85. The summed E-state index contributed by atoms with van der Waals surface area (Å²) >= 11 is 0. The van der Waals surface area contributed by atoms with Crippen LogP contribution in [0.1, 0.15) is 26.1 Å². The fourth-order valence-corrected chi connectivity index (χ4v) is 1.85. The maximum atomic E-state index is 10.1. The molecule has 2 aromatic rings. The van der Waals surface area contributed by atoms with Gasteiger partial charge in [-0.3, -0.25) is 0 Å². The summed E-state index contributed by atoms with van der Waals surface area (Å²) in [5, 5.41) is 10.1. The number of hydrogen-bond acceptors (Lipinski definition) is 2. The maximum absolute atomic E-state index is 10.1. The summed E-state index contributed by atoms with van der Waals surface area (Å²) < 4.78 is 2.08. The molecular formula is C13H18N2O. The van der Waals surface area contributed by atoms with Gasteiger partial charge in [0.25, 0.3) is 0 Å². The highest BCUT2D eigenvalue weighted by atomic mass is 16.3. The zero-order valence-electron chi connectivity index (χ0n) is 10.1. The average Bonchev–Trinajstić information content (AvgIpc) is 2.56. The number of rotatable bonds is 3. The molecule has 1 unspecified atom stereocenters. The van der Waals surface area contributed by atoms with Crippen LogP contribution < -0.4 is 0 Å². The van der Waals surface area contributed by atoms with E-state index in [1.807, 2.05) is 45.0 Å². The van der Waals surface area contributed by atoms with Gasteiger partial charge < -0.3 is 9.67 Å². The van der Waals surface area contributed by atoms with Crippen LogP contribution >= 0.6 is 0 Å². The van der Waals surface area contributed by atoms with Crippen molar-refractivity contribution in [2.24, 2.45) is 0 Å². The molecule has 0 saturated heterocycles. The molecule has 86 valence electrons. The normalized spacial score (nSPS) is 15.2.